The molecule has 0 fully saturated rings. The van der Waals surface area contributed by atoms with Gasteiger partial charge in [-0.05, 0) is 54.4 Å². The maximum atomic E-state index is 13.0. The zero-order valence-corrected chi connectivity index (χ0v) is 14.5. The van der Waals surface area contributed by atoms with Gasteiger partial charge in [0.2, 0.25) is 11.8 Å². The molecule has 2 rings (SSSR count). The van der Waals surface area contributed by atoms with Gasteiger partial charge in [-0.2, -0.15) is 0 Å². The van der Waals surface area contributed by atoms with Gasteiger partial charge in [0.05, 0.1) is 0 Å². The Kier molecular flexibility index (Phi) is 6.06. The lowest BCUT2D eigenvalue weighted by atomic mass is 10.0. The maximum Gasteiger partial charge on any atom is 0.251 e. The number of primary amides is 1. The number of benzene rings is 2. The Morgan fingerprint density at radius 3 is 1.96 bits per heavy atom. The monoisotopic (exact) mass is 357 g/mol. The van der Waals surface area contributed by atoms with Crippen LogP contribution in [0.5, 0.6) is 0 Å². The van der Waals surface area contributed by atoms with E-state index in [1.54, 1.807) is 26.0 Å². The molecule has 0 saturated carbocycles. The van der Waals surface area contributed by atoms with Crippen molar-refractivity contribution in [2.75, 3.05) is 5.32 Å². The first-order valence-electron chi connectivity index (χ1n) is 8.05. The molecule has 0 radical (unpaired) electrons. The number of nitrogens with two attached hydrogens (primary N) is 1. The number of anilines is 1. The third kappa shape index (κ3) is 4.89. The number of hydrogen-bond acceptors (Lipinski definition) is 3. The molecule has 0 aromatic heterocycles. The summed E-state index contributed by atoms with van der Waals surface area (Å²) < 4.78 is 13.0. The van der Waals surface area contributed by atoms with Crippen molar-refractivity contribution in [1.29, 1.82) is 0 Å². The molecule has 7 heteroatoms. The third-order valence-corrected chi connectivity index (χ3v) is 3.78. The van der Waals surface area contributed by atoms with E-state index in [0.717, 1.165) is 0 Å². The Morgan fingerprint density at radius 2 is 1.46 bits per heavy atom. The van der Waals surface area contributed by atoms with Crippen molar-refractivity contribution in [3.05, 3.63) is 65.5 Å². The van der Waals surface area contributed by atoms with E-state index in [2.05, 4.69) is 10.6 Å². The Hall–Kier alpha value is -3.22. The summed E-state index contributed by atoms with van der Waals surface area (Å²) in [7, 11) is 0. The van der Waals surface area contributed by atoms with Gasteiger partial charge in [0, 0.05) is 16.8 Å². The summed E-state index contributed by atoms with van der Waals surface area (Å²) in [6, 6.07) is 10.4. The first-order chi connectivity index (χ1) is 12.3. The molecule has 2 aromatic rings. The third-order valence-electron chi connectivity index (χ3n) is 3.78. The zero-order chi connectivity index (χ0) is 19.3. The van der Waals surface area contributed by atoms with Crippen molar-refractivity contribution >= 4 is 23.4 Å². The summed E-state index contributed by atoms with van der Waals surface area (Å²) in [6.45, 7) is 3.59. The van der Waals surface area contributed by atoms with Gasteiger partial charge < -0.3 is 16.4 Å². The molecule has 4 N–H and O–H groups in total. The van der Waals surface area contributed by atoms with Crippen LogP contribution in [-0.2, 0) is 4.79 Å². The number of rotatable bonds is 6. The summed E-state index contributed by atoms with van der Waals surface area (Å²) in [4.78, 5) is 35.9. The molecule has 26 heavy (non-hydrogen) atoms. The Morgan fingerprint density at radius 1 is 0.923 bits per heavy atom. The van der Waals surface area contributed by atoms with Crippen molar-refractivity contribution in [2.45, 2.75) is 19.9 Å². The normalized spacial score (nSPS) is 11.7. The lowest BCUT2D eigenvalue weighted by molar-refractivity contribution is -0.118. The molecule has 0 spiro atoms. The number of amides is 3. The van der Waals surface area contributed by atoms with Crippen molar-refractivity contribution < 1.29 is 18.8 Å². The summed E-state index contributed by atoms with van der Waals surface area (Å²) in [5.74, 6) is -2.05. The Bertz CT molecular complexity index is 802. The molecule has 136 valence electrons. The standard InChI is InChI=1S/C19H20FN3O3/c1-11(2)16(23-18(25)13-3-7-14(20)8-4-13)19(26)22-15-9-5-12(6-10-15)17(21)24/h3-11,16H,1-2H3,(H2,21,24)(H,22,26)(H,23,25)/t16-/m0/s1. The molecule has 0 aliphatic rings. The van der Waals surface area contributed by atoms with Gasteiger partial charge >= 0.3 is 0 Å². The van der Waals surface area contributed by atoms with Crippen molar-refractivity contribution in [1.82, 2.24) is 5.32 Å². The van der Waals surface area contributed by atoms with Gasteiger partial charge in [0.25, 0.3) is 5.91 Å². The van der Waals surface area contributed by atoms with Crippen LogP contribution in [0.1, 0.15) is 34.6 Å². The lowest BCUT2D eigenvalue weighted by Crippen LogP contribution is -2.47. The van der Waals surface area contributed by atoms with Crippen LogP contribution in [0.25, 0.3) is 0 Å². The molecule has 0 saturated heterocycles. The summed E-state index contributed by atoms with van der Waals surface area (Å²) in [5.41, 5.74) is 6.24. The lowest BCUT2D eigenvalue weighted by Gasteiger charge is -2.22. The average molecular weight is 357 g/mol. The largest absolute Gasteiger partial charge is 0.366 e. The molecule has 0 unspecified atom stereocenters. The minimum Gasteiger partial charge on any atom is -0.366 e. The number of hydrogen-bond donors (Lipinski definition) is 3. The van der Waals surface area contributed by atoms with Crippen LogP contribution in [-0.4, -0.2) is 23.8 Å². The SMILES string of the molecule is CC(C)[C@H](NC(=O)c1ccc(F)cc1)C(=O)Nc1ccc(C(N)=O)cc1. The Labute approximate surface area is 150 Å². The smallest absolute Gasteiger partial charge is 0.251 e. The highest BCUT2D eigenvalue weighted by atomic mass is 19.1. The second-order valence-electron chi connectivity index (χ2n) is 6.13. The van der Waals surface area contributed by atoms with Crippen molar-refractivity contribution in [3.63, 3.8) is 0 Å². The number of carbonyl (C=O) groups excluding carboxylic acids is 3. The fraction of sp³-hybridized carbons (Fsp3) is 0.211. The summed E-state index contributed by atoms with van der Waals surface area (Å²) in [6.07, 6.45) is 0. The van der Waals surface area contributed by atoms with Crippen LogP contribution in [0.3, 0.4) is 0 Å². The van der Waals surface area contributed by atoms with Crippen LogP contribution in [0.15, 0.2) is 48.5 Å². The molecule has 0 aliphatic heterocycles. The Balaban J connectivity index is 2.08. The molecule has 3 amide bonds. The minimum absolute atomic E-state index is 0.177. The molecule has 1 atom stereocenters. The number of carbonyl (C=O) groups is 3. The first-order valence-corrected chi connectivity index (χ1v) is 8.05. The molecule has 0 bridgehead atoms. The van der Waals surface area contributed by atoms with E-state index >= 15 is 0 Å². The second kappa shape index (κ2) is 8.24. The highest BCUT2D eigenvalue weighted by molar-refractivity contribution is 6.01. The van der Waals surface area contributed by atoms with E-state index < -0.39 is 29.6 Å². The number of nitrogens with one attached hydrogen (secondary N) is 2. The molecule has 6 nitrogen and oxygen atoms in total. The van der Waals surface area contributed by atoms with E-state index in [-0.39, 0.29) is 11.5 Å². The highest BCUT2D eigenvalue weighted by Gasteiger charge is 2.24. The molecular weight excluding hydrogens is 337 g/mol. The van der Waals surface area contributed by atoms with Crippen LogP contribution in [0, 0.1) is 11.7 Å². The molecular formula is C19H20FN3O3. The van der Waals surface area contributed by atoms with Gasteiger partial charge in [0.1, 0.15) is 11.9 Å². The van der Waals surface area contributed by atoms with Crippen molar-refractivity contribution in [2.24, 2.45) is 11.7 Å². The summed E-state index contributed by atoms with van der Waals surface area (Å²) >= 11 is 0. The van der Waals surface area contributed by atoms with E-state index in [1.807, 2.05) is 0 Å². The predicted octanol–water partition coefficient (Wildman–Crippen LogP) is 2.32. The first kappa shape index (κ1) is 19.1. The van der Waals surface area contributed by atoms with E-state index in [4.69, 9.17) is 5.73 Å². The fourth-order valence-corrected chi connectivity index (χ4v) is 2.30. The van der Waals surface area contributed by atoms with Gasteiger partial charge in [-0.3, -0.25) is 14.4 Å². The van der Waals surface area contributed by atoms with E-state index in [0.29, 0.717) is 11.3 Å². The van der Waals surface area contributed by atoms with Crippen molar-refractivity contribution in [3.8, 4) is 0 Å². The van der Waals surface area contributed by atoms with Gasteiger partial charge in [-0.1, -0.05) is 13.8 Å². The summed E-state index contributed by atoms with van der Waals surface area (Å²) in [5, 5.41) is 5.34. The minimum atomic E-state index is -0.789. The predicted molar refractivity (Wildman–Crippen MR) is 96.1 cm³/mol. The van der Waals surface area contributed by atoms with Gasteiger partial charge in [0.15, 0.2) is 0 Å². The molecule has 0 aliphatic carbocycles. The fourth-order valence-electron chi connectivity index (χ4n) is 2.30. The van der Waals surface area contributed by atoms with Crippen LogP contribution >= 0.6 is 0 Å². The molecule has 2 aromatic carbocycles. The highest BCUT2D eigenvalue weighted by Crippen LogP contribution is 2.12. The van der Waals surface area contributed by atoms with Crippen LogP contribution < -0.4 is 16.4 Å². The van der Waals surface area contributed by atoms with Gasteiger partial charge in [-0.15, -0.1) is 0 Å². The van der Waals surface area contributed by atoms with E-state index in [1.165, 1.54) is 36.4 Å². The molecule has 0 heterocycles. The average Bonchev–Trinajstić information content (AvgIpc) is 2.60. The quantitative estimate of drug-likeness (QED) is 0.739. The van der Waals surface area contributed by atoms with Gasteiger partial charge in [-0.25, -0.2) is 4.39 Å². The zero-order valence-electron chi connectivity index (χ0n) is 14.5. The number of halogens is 1. The second-order valence-corrected chi connectivity index (χ2v) is 6.13. The van der Waals surface area contributed by atoms with E-state index in [9.17, 15) is 18.8 Å². The van der Waals surface area contributed by atoms with Crippen LogP contribution in [0.2, 0.25) is 0 Å². The van der Waals surface area contributed by atoms with Crippen LogP contribution in [0.4, 0.5) is 10.1 Å². The topological polar surface area (TPSA) is 101 Å². The maximum absolute atomic E-state index is 13.0.